The van der Waals surface area contributed by atoms with E-state index in [0.717, 1.165) is 6.42 Å². The van der Waals surface area contributed by atoms with Gasteiger partial charge in [-0.25, -0.2) is 0 Å². The smallest absolute Gasteiger partial charge is 0.163 e. The van der Waals surface area contributed by atoms with Gasteiger partial charge in [0, 0.05) is 25.2 Å². The van der Waals surface area contributed by atoms with Crippen LogP contribution in [0.3, 0.4) is 0 Å². The molecular weight excluding hydrogens is 232 g/mol. The second-order valence-corrected chi connectivity index (χ2v) is 3.79. The number of carbonyl (C=O) groups excluding carboxylic acids is 1. The Morgan fingerprint density at radius 1 is 1.17 bits per heavy atom. The fourth-order valence-corrected chi connectivity index (χ4v) is 1.63. The topological polar surface area (TPSA) is 44.8 Å². The van der Waals surface area contributed by atoms with Gasteiger partial charge >= 0.3 is 0 Å². The summed E-state index contributed by atoms with van der Waals surface area (Å²) >= 11 is 0. The van der Waals surface area contributed by atoms with E-state index in [4.69, 9.17) is 14.2 Å². The Kier molecular flexibility index (Phi) is 6.22. The molecule has 0 aliphatic heterocycles. The lowest BCUT2D eigenvalue weighted by Gasteiger charge is -2.09. The SMILES string of the molecule is CCOCCCC(=O)c1ccc(OC)c(OC)c1. The lowest BCUT2D eigenvalue weighted by atomic mass is 10.1. The number of rotatable bonds is 8. The first kappa shape index (κ1) is 14.5. The van der Waals surface area contributed by atoms with Crippen LogP contribution in [-0.4, -0.2) is 33.2 Å². The van der Waals surface area contributed by atoms with Crippen LogP contribution in [0.15, 0.2) is 18.2 Å². The number of ether oxygens (including phenoxy) is 3. The average molecular weight is 252 g/mol. The van der Waals surface area contributed by atoms with E-state index in [2.05, 4.69) is 0 Å². The molecule has 1 rings (SSSR count). The third-order valence-corrected chi connectivity index (χ3v) is 2.60. The summed E-state index contributed by atoms with van der Waals surface area (Å²) in [7, 11) is 3.13. The number of hydrogen-bond donors (Lipinski definition) is 0. The molecule has 0 radical (unpaired) electrons. The van der Waals surface area contributed by atoms with Crippen LogP contribution in [0.5, 0.6) is 11.5 Å². The molecule has 0 amide bonds. The Bertz CT molecular complexity index is 387. The van der Waals surface area contributed by atoms with Crippen molar-refractivity contribution >= 4 is 5.78 Å². The molecule has 0 atom stereocenters. The number of methoxy groups -OCH3 is 2. The molecule has 0 saturated carbocycles. The highest BCUT2D eigenvalue weighted by Gasteiger charge is 2.10. The normalized spacial score (nSPS) is 10.2. The predicted octanol–water partition coefficient (Wildman–Crippen LogP) is 2.70. The molecule has 0 spiro atoms. The van der Waals surface area contributed by atoms with Gasteiger partial charge in [0.05, 0.1) is 14.2 Å². The molecule has 1 aromatic rings. The van der Waals surface area contributed by atoms with Crippen molar-refractivity contribution in [3.05, 3.63) is 23.8 Å². The number of hydrogen-bond acceptors (Lipinski definition) is 4. The summed E-state index contributed by atoms with van der Waals surface area (Å²) in [4.78, 5) is 11.9. The second kappa shape index (κ2) is 7.71. The van der Waals surface area contributed by atoms with Gasteiger partial charge in [-0.15, -0.1) is 0 Å². The van der Waals surface area contributed by atoms with Crippen molar-refractivity contribution in [3.63, 3.8) is 0 Å². The standard InChI is InChI=1S/C14H20O4/c1-4-18-9-5-6-12(15)11-7-8-13(16-2)14(10-11)17-3/h7-8,10H,4-6,9H2,1-3H3. The monoisotopic (exact) mass is 252 g/mol. The minimum absolute atomic E-state index is 0.0932. The summed E-state index contributed by atoms with van der Waals surface area (Å²) in [5, 5.41) is 0. The molecule has 1 aromatic carbocycles. The maximum Gasteiger partial charge on any atom is 0.163 e. The fourth-order valence-electron chi connectivity index (χ4n) is 1.63. The van der Waals surface area contributed by atoms with Crippen LogP contribution in [0.1, 0.15) is 30.1 Å². The van der Waals surface area contributed by atoms with Crippen molar-refractivity contribution < 1.29 is 19.0 Å². The first-order valence-corrected chi connectivity index (χ1v) is 6.05. The van der Waals surface area contributed by atoms with Crippen LogP contribution in [0.25, 0.3) is 0 Å². The Balaban J connectivity index is 2.62. The third kappa shape index (κ3) is 4.04. The Labute approximate surface area is 108 Å². The number of Topliss-reactive ketones (excluding diaryl/α,β-unsaturated/α-hetero) is 1. The van der Waals surface area contributed by atoms with Gasteiger partial charge in [0.1, 0.15) is 0 Å². The molecule has 0 aromatic heterocycles. The third-order valence-electron chi connectivity index (χ3n) is 2.60. The Hall–Kier alpha value is -1.55. The summed E-state index contributed by atoms with van der Waals surface area (Å²) < 4.78 is 15.5. The van der Waals surface area contributed by atoms with Gasteiger partial charge in [0.2, 0.25) is 0 Å². The highest BCUT2D eigenvalue weighted by molar-refractivity contribution is 5.96. The van der Waals surface area contributed by atoms with Crippen molar-refractivity contribution in [1.29, 1.82) is 0 Å². The van der Waals surface area contributed by atoms with E-state index in [1.807, 2.05) is 6.92 Å². The molecule has 0 saturated heterocycles. The summed E-state index contributed by atoms with van der Waals surface area (Å²) in [5.41, 5.74) is 0.643. The van der Waals surface area contributed by atoms with Crippen molar-refractivity contribution in [2.24, 2.45) is 0 Å². The molecule has 4 nitrogen and oxygen atoms in total. The van der Waals surface area contributed by atoms with Gasteiger partial charge in [-0.3, -0.25) is 4.79 Å². The Morgan fingerprint density at radius 2 is 1.89 bits per heavy atom. The van der Waals surface area contributed by atoms with Crippen LogP contribution in [0.4, 0.5) is 0 Å². The summed E-state index contributed by atoms with van der Waals surface area (Å²) in [6.45, 7) is 3.25. The molecule has 0 N–H and O–H groups in total. The molecule has 0 aliphatic rings. The fraction of sp³-hybridized carbons (Fsp3) is 0.500. The number of benzene rings is 1. The molecule has 4 heteroatoms. The van der Waals surface area contributed by atoms with Crippen LogP contribution < -0.4 is 9.47 Å². The van der Waals surface area contributed by atoms with Crippen molar-refractivity contribution in [2.45, 2.75) is 19.8 Å². The molecular formula is C14H20O4. The van der Waals surface area contributed by atoms with E-state index in [9.17, 15) is 4.79 Å². The van der Waals surface area contributed by atoms with E-state index < -0.39 is 0 Å². The van der Waals surface area contributed by atoms with Crippen LogP contribution in [0, 0.1) is 0 Å². The van der Waals surface area contributed by atoms with Gasteiger partial charge in [-0.05, 0) is 31.5 Å². The van der Waals surface area contributed by atoms with E-state index in [1.165, 1.54) is 0 Å². The van der Waals surface area contributed by atoms with Crippen LogP contribution in [-0.2, 0) is 4.74 Å². The van der Waals surface area contributed by atoms with E-state index >= 15 is 0 Å². The van der Waals surface area contributed by atoms with Crippen molar-refractivity contribution in [2.75, 3.05) is 27.4 Å². The van der Waals surface area contributed by atoms with Crippen LogP contribution in [0.2, 0.25) is 0 Å². The van der Waals surface area contributed by atoms with E-state index in [1.54, 1.807) is 32.4 Å². The zero-order chi connectivity index (χ0) is 13.4. The van der Waals surface area contributed by atoms with Gasteiger partial charge in [0.15, 0.2) is 17.3 Å². The predicted molar refractivity (Wildman–Crippen MR) is 69.6 cm³/mol. The quantitative estimate of drug-likeness (QED) is 0.527. The first-order chi connectivity index (χ1) is 8.72. The molecule has 0 aliphatic carbocycles. The average Bonchev–Trinajstić information content (AvgIpc) is 2.42. The lowest BCUT2D eigenvalue weighted by molar-refractivity contribution is 0.0946. The summed E-state index contributed by atoms with van der Waals surface area (Å²) in [6.07, 6.45) is 1.22. The number of ketones is 1. The first-order valence-electron chi connectivity index (χ1n) is 6.05. The number of carbonyl (C=O) groups is 1. The minimum atomic E-state index is 0.0932. The molecule has 0 unspecified atom stereocenters. The molecule has 0 heterocycles. The Morgan fingerprint density at radius 3 is 2.50 bits per heavy atom. The second-order valence-electron chi connectivity index (χ2n) is 3.79. The van der Waals surface area contributed by atoms with Crippen LogP contribution >= 0.6 is 0 Å². The maximum absolute atomic E-state index is 11.9. The molecule has 18 heavy (non-hydrogen) atoms. The highest BCUT2D eigenvalue weighted by Crippen LogP contribution is 2.28. The zero-order valence-electron chi connectivity index (χ0n) is 11.2. The summed E-state index contributed by atoms with van der Waals surface area (Å²) in [5.74, 6) is 1.30. The molecule has 0 fully saturated rings. The summed E-state index contributed by atoms with van der Waals surface area (Å²) in [6, 6.07) is 5.21. The van der Waals surface area contributed by atoms with Gasteiger partial charge in [-0.2, -0.15) is 0 Å². The lowest BCUT2D eigenvalue weighted by Crippen LogP contribution is -2.03. The van der Waals surface area contributed by atoms with E-state index in [-0.39, 0.29) is 5.78 Å². The van der Waals surface area contributed by atoms with E-state index in [0.29, 0.717) is 36.7 Å². The van der Waals surface area contributed by atoms with Crippen molar-refractivity contribution in [3.8, 4) is 11.5 Å². The van der Waals surface area contributed by atoms with Gasteiger partial charge in [-0.1, -0.05) is 0 Å². The molecule has 0 bridgehead atoms. The highest BCUT2D eigenvalue weighted by atomic mass is 16.5. The maximum atomic E-state index is 11.9. The molecule has 100 valence electrons. The largest absolute Gasteiger partial charge is 0.493 e. The van der Waals surface area contributed by atoms with Gasteiger partial charge < -0.3 is 14.2 Å². The zero-order valence-corrected chi connectivity index (χ0v) is 11.2. The minimum Gasteiger partial charge on any atom is -0.493 e. The van der Waals surface area contributed by atoms with Gasteiger partial charge in [0.25, 0.3) is 0 Å². The van der Waals surface area contributed by atoms with Crippen molar-refractivity contribution in [1.82, 2.24) is 0 Å².